The Morgan fingerprint density at radius 1 is 1.47 bits per heavy atom. The minimum absolute atomic E-state index is 0.211. The van der Waals surface area contributed by atoms with Gasteiger partial charge < -0.3 is 10.4 Å². The van der Waals surface area contributed by atoms with Crippen molar-refractivity contribution in [2.45, 2.75) is 25.5 Å². The van der Waals surface area contributed by atoms with Crippen LogP contribution in [0.4, 0.5) is 4.39 Å². The molecule has 2 nitrogen and oxygen atoms in total. The molecule has 0 aliphatic heterocycles. The van der Waals surface area contributed by atoms with Crippen molar-refractivity contribution in [1.82, 2.24) is 5.32 Å². The van der Waals surface area contributed by atoms with E-state index in [1.165, 1.54) is 12.1 Å². The highest BCUT2D eigenvalue weighted by molar-refractivity contribution is 5.15. The van der Waals surface area contributed by atoms with E-state index in [2.05, 4.69) is 5.32 Å². The zero-order valence-corrected chi connectivity index (χ0v) is 8.62. The fourth-order valence-electron chi connectivity index (χ4n) is 1.66. The van der Waals surface area contributed by atoms with Crippen LogP contribution in [0.15, 0.2) is 24.3 Å². The fraction of sp³-hybridized carbons (Fsp3) is 0.500. The van der Waals surface area contributed by atoms with Crippen LogP contribution >= 0.6 is 0 Å². The predicted molar refractivity (Wildman–Crippen MR) is 56.8 cm³/mol. The second-order valence-electron chi connectivity index (χ2n) is 4.17. The van der Waals surface area contributed by atoms with E-state index in [-0.39, 0.29) is 11.9 Å². The van der Waals surface area contributed by atoms with E-state index in [1.54, 1.807) is 6.07 Å². The van der Waals surface area contributed by atoms with Gasteiger partial charge in [-0.1, -0.05) is 12.1 Å². The van der Waals surface area contributed by atoms with Gasteiger partial charge in [-0.2, -0.15) is 0 Å². The molecule has 1 unspecified atom stereocenters. The van der Waals surface area contributed by atoms with Gasteiger partial charge in [0, 0.05) is 13.1 Å². The van der Waals surface area contributed by atoms with Crippen LogP contribution in [-0.4, -0.2) is 17.8 Å². The molecule has 2 rings (SSSR count). The summed E-state index contributed by atoms with van der Waals surface area (Å²) in [5.74, 6) is 0.280. The van der Waals surface area contributed by atoms with Crippen LogP contribution in [0, 0.1) is 11.7 Å². The fourth-order valence-corrected chi connectivity index (χ4v) is 1.66. The van der Waals surface area contributed by atoms with Gasteiger partial charge in [0.1, 0.15) is 5.82 Å². The summed E-state index contributed by atoms with van der Waals surface area (Å²) in [4.78, 5) is 0. The largest absolute Gasteiger partial charge is 0.392 e. The summed E-state index contributed by atoms with van der Waals surface area (Å²) in [6.45, 7) is 1.21. The molecule has 0 aromatic heterocycles. The molecule has 0 saturated heterocycles. The molecule has 1 saturated carbocycles. The first kappa shape index (κ1) is 10.6. The number of aliphatic hydroxyl groups is 1. The Bertz CT molecular complexity index is 325. The summed E-state index contributed by atoms with van der Waals surface area (Å²) in [5.41, 5.74) is 0.915. The molecule has 1 aromatic carbocycles. The molecule has 0 radical (unpaired) electrons. The molecular formula is C12H16FNO. The van der Waals surface area contributed by atoms with E-state index in [0.717, 1.165) is 18.4 Å². The van der Waals surface area contributed by atoms with Crippen molar-refractivity contribution in [3.63, 3.8) is 0 Å². The molecule has 15 heavy (non-hydrogen) atoms. The van der Waals surface area contributed by atoms with E-state index < -0.39 is 0 Å². The van der Waals surface area contributed by atoms with Crippen LogP contribution in [0.3, 0.4) is 0 Å². The molecule has 0 spiro atoms. The summed E-state index contributed by atoms with van der Waals surface area (Å²) in [5, 5.41) is 12.7. The van der Waals surface area contributed by atoms with Crippen LogP contribution in [0.25, 0.3) is 0 Å². The van der Waals surface area contributed by atoms with Gasteiger partial charge >= 0.3 is 0 Å². The number of nitrogens with one attached hydrogen (secondary N) is 1. The van der Waals surface area contributed by atoms with Gasteiger partial charge in [-0.05, 0) is 36.5 Å². The lowest BCUT2D eigenvalue weighted by atomic mass is 10.2. The van der Waals surface area contributed by atoms with E-state index in [0.29, 0.717) is 19.0 Å². The Hall–Kier alpha value is -0.930. The third kappa shape index (κ3) is 3.29. The van der Waals surface area contributed by atoms with Gasteiger partial charge in [0.15, 0.2) is 0 Å². The van der Waals surface area contributed by atoms with Crippen LogP contribution in [0.2, 0.25) is 0 Å². The zero-order valence-electron chi connectivity index (χ0n) is 8.62. The number of halogens is 1. The molecule has 1 fully saturated rings. The van der Waals surface area contributed by atoms with E-state index in [9.17, 15) is 9.50 Å². The molecule has 3 heteroatoms. The Morgan fingerprint density at radius 2 is 2.27 bits per heavy atom. The molecule has 1 aliphatic rings. The molecule has 0 bridgehead atoms. The summed E-state index contributed by atoms with van der Waals surface area (Å²) in [6.07, 6.45) is 2.05. The standard InChI is InChI=1S/C12H16FNO/c13-11-3-1-2-9(6-11)7-14-8-12(15)10-4-5-10/h1-3,6,10,12,14-15H,4-5,7-8H2. The van der Waals surface area contributed by atoms with Gasteiger partial charge in [-0.3, -0.25) is 0 Å². The lowest BCUT2D eigenvalue weighted by Gasteiger charge is -2.10. The van der Waals surface area contributed by atoms with Crippen LogP contribution in [0.1, 0.15) is 18.4 Å². The number of hydrogen-bond donors (Lipinski definition) is 2. The first-order valence-electron chi connectivity index (χ1n) is 5.39. The van der Waals surface area contributed by atoms with Gasteiger partial charge in [0.25, 0.3) is 0 Å². The Morgan fingerprint density at radius 3 is 2.93 bits per heavy atom. The molecule has 1 atom stereocenters. The highest BCUT2D eigenvalue weighted by atomic mass is 19.1. The normalized spacial score (nSPS) is 17.7. The van der Waals surface area contributed by atoms with Crippen molar-refractivity contribution in [2.75, 3.05) is 6.54 Å². The number of hydrogen-bond acceptors (Lipinski definition) is 2. The average Bonchev–Trinajstić information content (AvgIpc) is 3.00. The maximum absolute atomic E-state index is 12.8. The minimum Gasteiger partial charge on any atom is -0.392 e. The van der Waals surface area contributed by atoms with Gasteiger partial charge in [0.2, 0.25) is 0 Å². The highest BCUT2D eigenvalue weighted by Gasteiger charge is 2.28. The second-order valence-corrected chi connectivity index (χ2v) is 4.17. The second kappa shape index (κ2) is 4.73. The topological polar surface area (TPSA) is 32.3 Å². The summed E-state index contributed by atoms with van der Waals surface area (Å²) >= 11 is 0. The SMILES string of the molecule is OC(CNCc1cccc(F)c1)C1CC1. The van der Waals surface area contributed by atoms with Crippen LogP contribution < -0.4 is 5.32 Å². The lowest BCUT2D eigenvalue weighted by molar-refractivity contribution is 0.148. The number of rotatable bonds is 5. The monoisotopic (exact) mass is 209 g/mol. The Balaban J connectivity index is 1.73. The maximum atomic E-state index is 12.8. The van der Waals surface area contributed by atoms with E-state index in [4.69, 9.17) is 0 Å². The van der Waals surface area contributed by atoms with Crippen LogP contribution in [-0.2, 0) is 6.54 Å². The van der Waals surface area contributed by atoms with Gasteiger partial charge in [-0.25, -0.2) is 4.39 Å². The number of benzene rings is 1. The van der Waals surface area contributed by atoms with E-state index >= 15 is 0 Å². The third-order valence-corrected chi connectivity index (χ3v) is 2.74. The molecule has 0 amide bonds. The molecule has 2 N–H and O–H groups in total. The zero-order chi connectivity index (χ0) is 10.7. The van der Waals surface area contributed by atoms with Crippen molar-refractivity contribution < 1.29 is 9.50 Å². The van der Waals surface area contributed by atoms with Crippen molar-refractivity contribution in [3.05, 3.63) is 35.6 Å². The highest BCUT2D eigenvalue weighted by Crippen LogP contribution is 2.32. The molecule has 1 aromatic rings. The van der Waals surface area contributed by atoms with Crippen molar-refractivity contribution in [1.29, 1.82) is 0 Å². The quantitative estimate of drug-likeness (QED) is 0.773. The summed E-state index contributed by atoms with van der Waals surface area (Å²) < 4.78 is 12.8. The lowest BCUT2D eigenvalue weighted by Crippen LogP contribution is -2.27. The Kier molecular flexibility index (Phi) is 3.34. The predicted octanol–water partition coefficient (Wildman–Crippen LogP) is 1.69. The van der Waals surface area contributed by atoms with Crippen molar-refractivity contribution in [2.24, 2.45) is 5.92 Å². The summed E-state index contributed by atoms with van der Waals surface area (Å²) in [6, 6.07) is 6.52. The van der Waals surface area contributed by atoms with Gasteiger partial charge in [0.05, 0.1) is 6.10 Å². The molecule has 1 aliphatic carbocycles. The smallest absolute Gasteiger partial charge is 0.123 e. The average molecular weight is 209 g/mol. The molecular weight excluding hydrogens is 193 g/mol. The minimum atomic E-state index is -0.237. The summed E-state index contributed by atoms with van der Waals surface area (Å²) in [7, 11) is 0. The third-order valence-electron chi connectivity index (χ3n) is 2.74. The first-order chi connectivity index (χ1) is 7.25. The van der Waals surface area contributed by atoms with E-state index in [1.807, 2.05) is 6.07 Å². The molecule has 82 valence electrons. The van der Waals surface area contributed by atoms with Gasteiger partial charge in [-0.15, -0.1) is 0 Å². The van der Waals surface area contributed by atoms with Crippen LogP contribution in [0.5, 0.6) is 0 Å². The van der Waals surface area contributed by atoms with Crippen molar-refractivity contribution in [3.8, 4) is 0 Å². The first-order valence-corrected chi connectivity index (χ1v) is 5.39. The van der Waals surface area contributed by atoms with Crippen molar-refractivity contribution >= 4 is 0 Å². The maximum Gasteiger partial charge on any atom is 0.123 e. The Labute approximate surface area is 89.1 Å². The molecule has 0 heterocycles. The number of aliphatic hydroxyl groups excluding tert-OH is 1.